The number of hydrogen-bond acceptors (Lipinski definition) is 2. The second-order valence-electron chi connectivity index (χ2n) is 3.52. The van der Waals surface area contributed by atoms with Crippen LogP contribution in [0.1, 0.15) is 5.56 Å². The molecular weight excluding hydrogens is 246 g/mol. The van der Waals surface area contributed by atoms with Gasteiger partial charge in [0.2, 0.25) is 0 Å². The fraction of sp³-hybridized carbons (Fsp3) is 0.0833. The number of halogens is 3. The van der Waals surface area contributed by atoms with Gasteiger partial charge in [-0.05, 0) is 25.1 Å². The monoisotopic (exact) mass is 254 g/mol. The predicted molar refractivity (Wildman–Crippen MR) is 63.6 cm³/mol. The second kappa shape index (κ2) is 4.67. The minimum Gasteiger partial charge on any atom is -0.337 e. The maximum absolute atomic E-state index is 13.5. The first-order valence-electron chi connectivity index (χ1n) is 4.91. The Balaban J connectivity index is 2.35. The fourth-order valence-corrected chi connectivity index (χ4v) is 1.52. The first-order chi connectivity index (χ1) is 8.08. The van der Waals surface area contributed by atoms with Crippen LogP contribution in [0.5, 0.6) is 0 Å². The number of nitrogens with one attached hydrogen (secondary N) is 1. The molecule has 0 atom stereocenters. The van der Waals surface area contributed by atoms with Gasteiger partial charge < -0.3 is 5.32 Å². The number of pyridine rings is 1. The van der Waals surface area contributed by atoms with E-state index in [1.165, 1.54) is 12.3 Å². The Morgan fingerprint density at radius 3 is 2.71 bits per heavy atom. The topological polar surface area (TPSA) is 24.9 Å². The van der Waals surface area contributed by atoms with E-state index in [4.69, 9.17) is 11.6 Å². The molecule has 0 radical (unpaired) electrons. The normalized spacial score (nSPS) is 10.4. The van der Waals surface area contributed by atoms with E-state index >= 15 is 0 Å². The van der Waals surface area contributed by atoms with E-state index in [-0.39, 0.29) is 16.7 Å². The molecular formula is C12H9ClF2N2. The molecule has 0 aliphatic rings. The van der Waals surface area contributed by atoms with Crippen LogP contribution in [0.2, 0.25) is 5.02 Å². The summed E-state index contributed by atoms with van der Waals surface area (Å²) < 4.78 is 26.7. The third kappa shape index (κ3) is 2.53. The predicted octanol–water partition coefficient (Wildman–Crippen LogP) is 4.07. The second-order valence-corrected chi connectivity index (χ2v) is 3.96. The molecule has 2 aromatic rings. The van der Waals surface area contributed by atoms with Crippen molar-refractivity contribution in [2.75, 3.05) is 5.32 Å². The zero-order valence-electron chi connectivity index (χ0n) is 8.97. The number of rotatable bonds is 2. The average Bonchev–Trinajstić information content (AvgIpc) is 2.28. The lowest BCUT2D eigenvalue weighted by molar-refractivity contribution is 0.618. The standard InChI is InChI=1S/C12H9ClF2N2/c1-7-9(14)3-2-4-11(7)17-12-10(15)5-8(13)6-16-12/h2-6H,1H3,(H,16,17). The average molecular weight is 255 g/mol. The molecule has 0 saturated carbocycles. The molecule has 1 heterocycles. The van der Waals surface area contributed by atoms with Crippen LogP contribution in [-0.4, -0.2) is 4.98 Å². The lowest BCUT2D eigenvalue weighted by atomic mass is 10.2. The molecule has 2 rings (SSSR count). The highest BCUT2D eigenvalue weighted by Crippen LogP contribution is 2.23. The highest BCUT2D eigenvalue weighted by atomic mass is 35.5. The molecule has 17 heavy (non-hydrogen) atoms. The maximum Gasteiger partial charge on any atom is 0.167 e. The van der Waals surface area contributed by atoms with Crippen molar-refractivity contribution in [3.8, 4) is 0 Å². The zero-order valence-corrected chi connectivity index (χ0v) is 9.72. The van der Waals surface area contributed by atoms with Crippen molar-refractivity contribution in [3.05, 3.63) is 52.7 Å². The first-order valence-corrected chi connectivity index (χ1v) is 5.29. The molecule has 0 aliphatic heterocycles. The summed E-state index contributed by atoms with van der Waals surface area (Å²) in [6.07, 6.45) is 1.32. The minimum absolute atomic E-state index is 0.0168. The smallest absolute Gasteiger partial charge is 0.167 e. The third-order valence-corrected chi connectivity index (χ3v) is 2.54. The molecule has 1 aromatic heterocycles. The van der Waals surface area contributed by atoms with Gasteiger partial charge in [-0.3, -0.25) is 0 Å². The van der Waals surface area contributed by atoms with Crippen LogP contribution in [0.25, 0.3) is 0 Å². The molecule has 1 aromatic carbocycles. The van der Waals surface area contributed by atoms with Gasteiger partial charge in [-0.15, -0.1) is 0 Å². The molecule has 1 N–H and O–H groups in total. The summed E-state index contributed by atoms with van der Waals surface area (Å²) in [5.41, 5.74) is 0.877. The number of nitrogens with zero attached hydrogens (tertiary/aromatic N) is 1. The summed E-state index contributed by atoms with van der Waals surface area (Å²) in [5, 5.41) is 2.94. The summed E-state index contributed by atoms with van der Waals surface area (Å²) in [7, 11) is 0. The Bertz CT molecular complexity index is 558. The van der Waals surface area contributed by atoms with E-state index in [1.807, 2.05) is 0 Å². The van der Waals surface area contributed by atoms with Gasteiger partial charge in [0.05, 0.1) is 5.02 Å². The van der Waals surface area contributed by atoms with E-state index in [0.717, 1.165) is 6.07 Å². The summed E-state index contributed by atoms with van der Waals surface area (Å²) in [6, 6.07) is 5.67. The molecule has 0 fully saturated rings. The lowest BCUT2D eigenvalue weighted by Gasteiger charge is -2.09. The Morgan fingerprint density at radius 2 is 2.00 bits per heavy atom. The molecule has 0 aliphatic carbocycles. The van der Waals surface area contributed by atoms with Crippen molar-refractivity contribution in [2.24, 2.45) is 0 Å². The summed E-state index contributed by atoms with van der Waals surface area (Å²) in [4.78, 5) is 3.80. The van der Waals surface area contributed by atoms with Gasteiger partial charge in [-0.1, -0.05) is 17.7 Å². The van der Waals surface area contributed by atoms with Crippen LogP contribution >= 0.6 is 11.6 Å². The zero-order chi connectivity index (χ0) is 12.4. The Morgan fingerprint density at radius 1 is 1.24 bits per heavy atom. The van der Waals surface area contributed by atoms with E-state index in [2.05, 4.69) is 10.3 Å². The number of aromatic nitrogens is 1. The van der Waals surface area contributed by atoms with Gasteiger partial charge in [0, 0.05) is 17.4 Å². The fourth-order valence-electron chi connectivity index (χ4n) is 1.38. The number of hydrogen-bond donors (Lipinski definition) is 1. The highest BCUT2D eigenvalue weighted by molar-refractivity contribution is 6.30. The first kappa shape index (κ1) is 11.8. The summed E-state index contributed by atoms with van der Waals surface area (Å²) in [6.45, 7) is 1.60. The maximum atomic E-state index is 13.5. The largest absolute Gasteiger partial charge is 0.337 e. The van der Waals surface area contributed by atoms with Gasteiger partial charge in [-0.25, -0.2) is 13.8 Å². The molecule has 0 spiro atoms. The van der Waals surface area contributed by atoms with Crippen molar-refractivity contribution in [1.82, 2.24) is 4.98 Å². The van der Waals surface area contributed by atoms with Crippen LogP contribution in [0.15, 0.2) is 30.5 Å². The van der Waals surface area contributed by atoms with Gasteiger partial charge >= 0.3 is 0 Å². The van der Waals surface area contributed by atoms with Crippen LogP contribution in [0, 0.1) is 18.6 Å². The van der Waals surface area contributed by atoms with E-state index in [0.29, 0.717) is 11.3 Å². The quantitative estimate of drug-likeness (QED) is 0.874. The van der Waals surface area contributed by atoms with Crippen LogP contribution in [0.3, 0.4) is 0 Å². The Hall–Kier alpha value is -1.68. The number of benzene rings is 1. The third-order valence-electron chi connectivity index (χ3n) is 2.33. The Kier molecular flexibility index (Phi) is 3.24. The number of anilines is 2. The van der Waals surface area contributed by atoms with Gasteiger partial charge in [0.25, 0.3) is 0 Å². The lowest BCUT2D eigenvalue weighted by Crippen LogP contribution is -1.99. The molecule has 2 nitrogen and oxygen atoms in total. The summed E-state index contributed by atoms with van der Waals surface area (Å²) >= 11 is 5.59. The highest BCUT2D eigenvalue weighted by Gasteiger charge is 2.08. The van der Waals surface area contributed by atoms with Crippen molar-refractivity contribution < 1.29 is 8.78 Å². The van der Waals surface area contributed by atoms with Gasteiger partial charge in [0.1, 0.15) is 5.82 Å². The van der Waals surface area contributed by atoms with Crippen molar-refractivity contribution >= 4 is 23.1 Å². The van der Waals surface area contributed by atoms with Crippen LogP contribution < -0.4 is 5.32 Å². The SMILES string of the molecule is Cc1c(F)cccc1Nc1ncc(Cl)cc1F. The van der Waals surface area contributed by atoms with E-state index in [9.17, 15) is 8.78 Å². The molecule has 88 valence electrons. The molecule has 0 saturated heterocycles. The van der Waals surface area contributed by atoms with Crippen LogP contribution in [0.4, 0.5) is 20.3 Å². The van der Waals surface area contributed by atoms with E-state index < -0.39 is 5.82 Å². The Labute approximate surface area is 102 Å². The van der Waals surface area contributed by atoms with Gasteiger partial charge in [0.15, 0.2) is 11.6 Å². The minimum atomic E-state index is -0.582. The van der Waals surface area contributed by atoms with Crippen molar-refractivity contribution in [3.63, 3.8) is 0 Å². The van der Waals surface area contributed by atoms with E-state index in [1.54, 1.807) is 19.1 Å². The molecule has 0 bridgehead atoms. The van der Waals surface area contributed by atoms with Gasteiger partial charge in [-0.2, -0.15) is 0 Å². The van der Waals surface area contributed by atoms with Crippen molar-refractivity contribution in [1.29, 1.82) is 0 Å². The van der Waals surface area contributed by atoms with Crippen LogP contribution in [-0.2, 0) is 0 Å². The molecule has 0 unspecified atom stereocenters. The molecule has 5 heteroatoms. The van der Waals surface area contributed by atoms with Crippen molar-refractivity contribution in [2.45, 2.75) is 6.92 Å². The summed E-state index contributed by atoms with van der Waals surface area (Å²) in [5.74, 6) is -0.923. The molecule has 0 amide bonds.